The van der Waals surface area contributed by atoms with E-state index in [0.717, 1.165) is 0 Å². The highest BCUT2D eigenvalue weighted by atomic mass is 16.7. The molecule has 31 heavy (non-hydrogen) atoms. The SMILES string of the molecule is CCCC1(CC(=O)c2cc(CC(C)C)c(O)c(C=O)c2O)CC(O)C2(OC2C)C(O)O1. The maximum atomic E-state index is 13.3. The number of ketones is 1. The van der Waals surface area contributed by atoms with Crippen LogP contribution in [0.5, 0.6) is 11.5 Å². The molecule has 172 valence electrons. The number of carbonyl (C=O) groups is 2. The molecule has 0 aliphatic carbocycles. The molecular formula is C23H32O8. The summed E-state index contributed by atoms with van der Waals surface area (Å²) in [5.74, 6) is -1.26. The van der Waals surface area contributed by atoms with E-state index < -0.39 is 35.1 Å². The smallest absolute Gasteiger partial charge is 0.189 e. The van der Waals surface area contributed by atoms with Crippen molar-refractivity contribution in [3.05, 3.63) is 22.8 Å². The van der Waals surface area contributed by atoms with E-state index in [4.69, 9.17) is 9.47 Å². The van der Waals surface area contributed by atoms with E-state index in [9.17, 15) is 30.0 Å². The Kier molecular flexibility index (Phi) is 6.49. The molecule has 0 aromatic heterocycles. The Morgan fingerprint density at radius 1 is 1.26 bits per heavy atom. The first-order valence-corrected chi connectivity index (χ1v) is 10.8. The normalized spacial score (nSPS) is 32.4. The molecule has 2 heterocycles. The summed E-state index contributed by atoms with van der Waals surface area (Å²) in [6, 6.07) is 1.41. The van der Waals surface area contributed by atoms with Crippen molar-refractivity contribution < 1.29 is 39.5 Å². The van der Waals surface area contributed by atoms with E-state index in [-0.39, 0.29) is 41.7 Å². The van der Waals surface area contributed by atoms with E-state index in [0.29, 0.717) is 31.1 Å². The average Bonchev–Trinajstić information content (AvgIpc) is 3.35. The summed E-state index contributed by atoms with van der Waals surface area (Å²) in [7, 11) is 0. The molecule has 3 rings (SSSR count). The van der Waals surface area contributed by atoms with Crippen LogP contribution in [0.3, 0.4) is 0 Å². The summed E-state index contributed by atoms with van der Waals surface area (Å²) in [6.07, 6.45) is -1.11. The van der Waals surface area contributed by atoms with E-state index in [1.807, 2.05) is 20.8 Å². The zero-order chi connectivity index (χ0) is 23.1. The van der Waals surface area contributed by atoms with Crippen LogP contribution in [0.4, 0.5) is 0 Å². The van der Waals surface area contributed by atoms with Gasteiger partial charge in [-0.25, -0.2) is 0 Å². The molecule has 0 radical (unpaired) electrons. The lowest BCUT2D eigenvalue weighted by molar-refractivity contribution is -0.272. The lowest BCUT2D eigenvalue weighted by Gasteiger charge is -2.44. The molecule has 0 amide bonds. The molecule has 2 saturated heterocycles. The number of carbonyl (C=O) groups excluding carboxylic acids is 2. The number of rotatable bonds is 8. The Hall–Kier alpha value is -2.00. The van der Waals surface area contributed by atoms with Crippen molar-refractivity contribution in [2.45, 2.75) is 89.5 Å². The van der Waals surface area contributed by atoms with Crippen LogP contribution in [0.2, 0.25) is 0 Å². The van der Waals surface area contributed by atoms with Gasteiger partial charge >= 0.3 is 0 Å². The van der Waals surface area contributed by atoms with Gasteiger partial charge in [0.15, 0.2) is 24.0 Å². The summed E-state index contributed by atoms with van der Waals surface area (Å²) in [5.41, 5.74) is -2.34. The third-order valence-corrected chi connectivity index (χ3v) is 6.42. The Balaban J connectivity index is 1.94. The van der Waals surface area contributed by atoms with Gasteiger partial charge in [-0.1, -0.05) is 27.2 Å². The topological polar surface area (TPSA) is 137 Å². The lowest BCUT2D eigenvalue weighted by atomic mass is 9.77. The largest absolute Gasteiger partial charge is 0.507 e. The van der Waals surface area contributed by atoms with Crippen LogP contribution < -0.4 is 0 Å². The third-order valence-electron chi connectivity index (χ3n) is 6.42. The molecule has 2 aliphatic heterocycles. The maximum absolute atomic E-state index is 13.3. The minimum atomic E-state index is -1.39. The van der Waals surface area contributed by atoms with Crippen LogP contribution in [0.25, 0.3) is 0 Å². The number of phenolic OH excluding ortho intramolecular Hbond substituents is 2. The van der Waals surface area contributed by atoms with Crippen molar-refractivity contribution in [1.29, 1.82) is 0 Å². The number of Topliss-reactive ketones (excluding diaryl/α,β-unsaturated/α-hetero) is 1. The van der Waals surface area contributed by atoms with E-state index >= 15 is 0 Å². The molecule has 2 fully saturated rings. The minimum absolute atomic E-state index is 0.0880. The number of aromatic hydroxyl groups is 2. The molecule has 1 spiro atoms. The molecule has 0 bridgehead atoms. The number of phenols is 2. The molecule has 1 aromatic rings. The van der Waals surface area contributed by atoms with Gasteiger partial charge in [-0.3, -0.25) is 9.59 Å². The Morgan fingerprint density at radius 3 is 2.39 bits per heavy atom. The maximum Gasteiger partial charge on any atom is 0.189 e. The second-order valence-electron chi connectivity index (χ2n) is 9.25. The number of epoxide rings is 1. The standard InChI is InChI=1S/C23H32O8/c1-5-6-22(10-18(26)23(13(4)30-23)21(29)31-22)9-17(25)15-8-14(7-12(2)3)19(27)16(11-24)20(15)28/h8,11-13,18,21,26-29H,5-7,9-10H2,1-4H3. The van der Waals surface area contributed by atoms with Crippen molar-refractivity contribution in [3.63, 3.8) is 0 Å². The quantitative estimate of drug-likeness (QED) is 0.277. The summed E-state index contributed by atoms with van der Waals surface area (Å²) in [6.45, 7) is 7.50. The van der Waals surface area contributed by atoms with Crippen LogP contribution >= 0.6 is 0 Å². The first-order chi connectivity index (χ1) is 14.5. The number of ether oxygens (including phenoxy) is 2. The molecule has 0 saturated carbocycles. The highest BCUT2D eigenvalue weighted by Gasteiger charge is 2.69. The fraction of sp³-hybridized carbons (Fsp3) is 0.652. The number of aldehydes is 1. The van der Waals surface area contributed by atoms with Crippen molar-refractivity contribution >= 4 is 12.1 Å². The zero-order valence-corrected chi connectivity index (χ0v) is 18.4. The number of hydrogen-bond donors (Lipinski definition) is 4. The lowest BCUT2D eigenvalue weighted by Crippen LogP contribution is -2.58. The van der Waals surface area contributed by atoms with Gasteiger partial charge in [0.2, 0.25) is 0 Å². The van der Waals surface area contributed by atoms with Gasteiger partial charge in [-0.05, 0) is 37.3 Å². The predicted octanol–water partition coefficient (Wildman–Crippen LogP) is 2.48. The number of hydrogen-bond acceptors (Lipinski definition) is 8. The van der Waals surface area contributed by atoms with Crippen molar-refractivity contribution in [3.8, 4) is 11.5 Å². The second-order valence-corrected chi connectivity index (χ2v) is 9.25. The van der Waals surface area contributed by atoms with Gasteiger partial charge in [0.05, 0.1) is 28.9 Å². The highest BCUT2D eigenvalue weighted by molar-refractivity contribution is 6.02. The molecule has 5 unspecified atom stereocenters. The first-order valence-electron chi connectivity index (χ1n) is 10.8. The first kappa shape index (κ1) is 23.7. The van der Waals surface area contributed by atoms with Gasteiger partial charge in [0.1, 0.15) is 11.5 Å². The van der Waals surface area contributed by atoms with Crippen molar-refractivity contribution in [2.75, 3.05) is 0 Å². The van der Waals surface area contributed by atoms with Crippen molar-refractivity contribution in [2.24, 2.45) is 5.92 Å². The molecule has 4 N–H and O–H groups in total. The number of aliphatic hydroxyl groups is 2. The average molecular weight is 437 g/mol. The van der Waals surface area contributed by atoms with E-state index in [2.05, 4.69) is 0 Å². The number of aliphatic hydroxyl groups excluding tert-OH is 2. The van der Waals surface area contributed by atoms with E-state index in [1.165, 1.54) is 6.07 Å². The predicted molar refractivity (Wildman–Crippen MR) is 111 cm³/mol. The Bertz CT molecular complexity index is 850. The molecular weight excluding hydrogens is 404 g/mol. The van der Waals surface area contributed by atoms with Crippen LogP contribution in [-0.4, -0.2) is 62.2 Å². The molecule has 8 nitrogen and oxygen atoms in total. The Labute approximate surface area is 181 Å². The summed E-state index contributed by atoms with van der Waals surface area (Å²) >= 11 is 0. The molecule has 2 aliphatic rings. The Morgan fingerprint density at radius 2 is 1.90 bits per heavy atom. The summed E-state index contributed by atoms with van der Waals surface area (Å²) < 4.78 is 11.3. The minimum Gasteiger partial charge on any atom is -0.507 e. The molecule has 1 aromatic carbocycles. The monoisotopic (exact) mass is 436 g/mol. The van der Waals surface area contributed by atoms with Crippen LogP contribution in [0.1, 0.15) is 79.7 Å². The van der Waals surface area contributed by atoms with Gasteiger partial charge in [-0.2, -0.15) is 0 Å². The third kappa shape index (κ3) is 4.09. The summed E-state index contributed by atoms with van der Waals surface area (Å²) in [4.78, 5) is 24.7. The van der Waals surface area contributed by atoms with Gasteiger partial charge in [0, 0.05) is 12.8 Å². The van der Waals surface area contributed by atoms with Crippen LogP contribution in [-0.2, 0) is 15.9 Å². The van der Waals surface area contributed by atoms with Crippen molar-refractivity contribution in [1.82, 2.24) is 0 Å². The van der Waals surface area contributed by atoms with Gasteiger partial charge in [0.25, 0.3) is 0 Å². The zero-order valence-electron chi connectivity index (χ0n) is 18.4. The van der Waals surface area contributed by atoms with Gasteiger partial charge in [-0.15, -0.1) is 0 Å². The summed E-state index contributed by atoms with van der Waals surface area (Å²) in [5, 5.41) is 42.1. The molecule has 8 heteroatoms. The van der Waals surface area contributed by atoms with Gasteiger partial charge < -0.3 is 29.9 Å². The van der Waals surface area contributed by atoms with Crippen LogP contribution in [0.15, 0.2) is 6.07 Å². The fourth-order valence-corrected chi connectivity index (χ4v) is 4.80. The van der Waals surface area contributed by atoms with E-state index in [1.54, 1.807) is 6.92 Å². The number of benzene rings is 1. The van der Waals surface area contributed by atoms with Crippen LogP contribution in [0, 0.1) is 5.92 Å². The highest BCUT2D eigenvalue weighted by Crippen LogP contribution is 2.52. The molecule has 5 atom stereocenters. The second kappa shape index (κ2) is 8.50. The fourth-order valence-electron chi connectivity index (χ4n) is 4.80.